The van der Waals surface area contributed by atoms with Crippen molar-refractivity contribution in [1.82, 2.24) is 0 Å². The lowest BCUT2D eigenvalue weighted by Crippen LogP contribution is -2.23. The van der Waals surface area contributed by atoms with E-state index >= 15 is 0 Å². The molecule has 0 aromatic heterocycles. The molecule has 1 fully saturated rings. The maximum atomic E-state index is 12.0. The van der Waals surface area contributed by atoms with Crippen molar-refractivity contribution in [3.63, 3.8) is 0 Å². The van der Waals surface area contributed by atoms with Crippen LogP contribution in [0.2, 0.25) is 0 Å². The van der Waals surface area contributed by atoms with Crippen molar-refractivity contribution in [2.75, 3.05) is 23.7 Å². The van der Waals surface area contributed by atoms with E-state index in [1.54, 1.807) is 25.1 Å². The molecule has 0 aliphatic carbocycles. The van der Waals surface area contributed by atoms with Crippen LogP contribution < -0.4 is 4.90 Å². The van der Waals surface area contributed by atoms with Crippen molar-refractivity contribution in [2.24, 2.45) is 0 Å². The van der Waals surface area contributed by atoms with E-state index in [-0.39, 0.29) is 11.9 Å². The fourth-order valence-corrected chi connectivity index (χ4v) is 3.21. The zero-order valence-corrected chi connectivity index (χ0v) is 10.7. The molecule has 0 amide bonds. The third kappa shape index (κ3) is 2.45. The molecule has 94 valence electrons. The molecule has 2 rings (SSSR count). The highest BCUT2D eigenvalue weighted by molar-refractivity contribution is 7.91. The molecule has 1 saturated heterocycles. The monoisotopic (exact) mass is 255 g/mol. The Hall–Kier alpha value is -1.07. The van der Waals surface area contributed by atoms with Crippen LogP contribution in [-0.4, -0.2) is 38.5 Å². The van der Waals surface area contributed by atoms with Gasteiger partial charge < -0.3 is 10.0 Å². The highest BCUT2D eigenvalue weighted by Crippen LogP contribution is 2.28. The summed E-state index contributed by atoms with van der Waals surface area (Å²) in [6.45, 7) is 2.86. The molecule has 1 aromatic carbocycles. The molecule has 0 unspecified atom stereocenters. The minimum absolute atomic E-state index is 0.0976. The number of benzene rings is 1. The zero-order chi connectivity index (χ0) is 12.5. The van der Waals surface area contributed by atoms with Crippen molar-refractivity contribution in [1.29, 1.82) is 0 Å². The summed E-state index contributed by atoms with van der Waals surface area (Å²) in [6, 6.07) is 7.01. The van der Waals surface area contributed by atoms with Gasteiger partial charge in [0.1, 0.15) is 0 Å². The van der Waals surface area contributed by atoms with Gasteiger partial charge in [-0.05, 0) is 18.6 Å². The molecular formula is C12H17NO3S. The van der Waals surface area contributed by atoms with Gasteiger partial charge in [-0.15, -0.1) is 0 Å². The maximum absolute atomic E-state index is 12.0. The summed E-state index contributed by atoms with van der Waals surface area (Å²) in [7, 11) is -3.21. The number of aliphatic hydroxyl groups excluding tert-OH is 1. The molecule has 1 N–H and O–H groups in total. The molecule has 1 aromatic rings. The SMILES string of the molecule is CCS(=O)(=O)c1ccccc1N1CC[C@@H](O)C1. The molecule has 0 radical (unpaired) electrons. The summed E-state index contributed by atoms with van der Waals surface area (Å²) in [4.78, 5) is 2.31. The van der Waals surface area contributed by atoms with E-state index in [4.69, 9.17) is 0 Å². The molecule has 0 spiro atoms. The highest BCUT2D eigenvalue weighted by atomic mass is 32.2. The van der Waals surface area contributed by atoms with Crippen LogP contribution in [0.25, 0.3) is 0 Å². The van der Waals surface area contributed by atoms with Crippen molar-refractivity contribution in [3.05, 3.63) is 24.3 Å². The Kier molecular flexibility index (Phi) is 3.40. The Morgan fingerprint density at radius 2 is 2.12 bits per heavy atom. The standard InChI is InChI=1S/C12H17NO3S/c1-2-17(15,16)12-6-4-3-5-11(12)13-8-7-10(14)9-13/h3-6,10,14H,2,7-9H2,1H3/t10-/m1/s1. The van der Waals surface area contributed by atoms with Crippen LogP contribution in [-0.2, 0) is 9.84 Å². The first-order valence-electron chi connectivity index (χ1n) is 5.79. The topological polar surface area (TPSA) is 57.6 Å². The first-order valence-corrected chi connectivity index (χ1v) is 7.44. The third-order valence-corrected chi connectivity index (χ3v) is 4.86. The normalized spacial score (nSPS) is 20.8. The Labute approximate surface area is 102 Å². The number of anilines is 1. The third-order valence-electron chi connectivity index (χ3n) is 3.08. The molecule has 0 bridgehead atoms. The molecule has 17 heavy (non-hydrogen) atoms. The van der Waals surface area contributed by atoms with Crippen LogP contribution >= 0.6 is 0 Å². The minimum atomic E-state index is -3.21. The van der Waals surface area contributed by atoms with Crippen molar-refractivity contribution in [2.45, 2.75) is 24.3 Å². The Balaban J connectivity index is 2.41. The average molecular weight is 255 g/mol. The number of rotatable bonds is 3. The molecule has 5 heteroatoms. The van der Waals surface area contributed by atoms with Gasteiger partial charge in [0.05, 0.1) is 22.4 Å². The molecule has 1 aliphatic rings. The van der Waals surface area contributed by atoms with Gasteiger partial charge in [0.15, 0.2) is 9.84 Å². The van der Waals surface area contributed by atoms with Gasteiger partial charge in [0.25, 0.3) is 0 Å². The van der Waals surface area contributed by atoms with Crippen LogP contribution in [0.1, 0.15) is 13.3 Å². The fraction of sp³-hybridized carbons (Fsp3) is 0.500. The molecule has 1 atom stereocenters. The van der Waals surface area contributed by atoms with Gasteiger partial charge in [0.2, 0.25) is 0 Å². The van der Waals surface area contributed by atoms with Crippen LogP contribution in [0.4, 0.5) is 5.69 Å². The second-order valence-corrected chi connectivity index (χ2v) is 6.51. The van der Waals surface area contributed by atoms with Gasteiger partial charge in [0, 0.05) is 13.1 Å². The Morgan fingerprint density at radius 3 is 2.71 bits per heavy atom. The second kappa shape index (κ2) is 4.66. The van der Waals surface area contributed by atoms with E-state index in [0.29, 0.717) is 30.1 Å². The smallest absolute Gasteiger partial charge is 0.180 e. The summed E-state index contributed by atoms with van der Waals surface area (Å²) >= 11 is 0. The van der Waals surface area contributed by atoms with E-state index in [1.807, 2.05) is 11.0 Å². The highest BCUT2D eigenvalue weighted by Gasteiger charge is 2.25. The van der Waals surface area contributed by atoms with Crippen LogP contribution in [0.15, 0.2) is 29.2 Å². The van der Waals surface area contributed by atoms with Gasteiger partial charge in [-0.3, -0.25) is 0 Å². The number of hydrogen-bond donors (Lipinski definition) is 1. The largest absolute Gasteiger partial charge is 0.391 e. The number of hydrogen-bond acceptors (Lipinski definition) is 4. The maximum Gasteiger partial charge on any atom is 0.180 e. The number of nitrogens with zero attached hydrogens (tertiary/aromatic N) is 1. The lowest BCUT2D eigenvalue weighted by Gasteiger charge is -2.21. The van der Waals surface area contributed by atoms with E-state index in [2.05, 4.69) is 0 Å². The lowest BCUT2D eigenvalue weighted by molar-refractivity contribution is 0.198. The van der Waals surface area contributed by atoms with E-state index < -0.39 is 9.84 Å². The van der Waals surface area contributed by atoms with Crippen molar-refractivity contribution >= 4 is 15.5 Å². The second-order valence-electron chi connectivity index (χ2n) is 4.26. The molecule has 1 heterocycles. The molecular weight excluding hydrogens is 238 g/mol. The van der Waals surface area contributed by atoms with Gasteiger partial charge in [-0.2, -0.15) is 0 Å². The van der Waals surface area contributed by atoms with Crippen LogP contribution in [0.5, 0.6) is 0 Å². The van der Waals surface area contributed by atoms with Crippen LogP contribution in [0.3, 0.4) is 0 Å². The van der Waals surface area contributed by atoms with E-state index in [9.17, 15) is 13.5 Å². The van der Waals surface area contributed by atoms with Gasteiger partial charge in [-0.1, -0.05) is 19.1 Å². The minimum Gasteiger partial charge on any atom is -0.391 e. The summed E-state index contributed by atoms with van der Waals surface area (Å²) < 4.78 is 23.9. The first-order chi connectivity index (χ1) is 8.04. The first kappa shape index (κ1) is 12.4. The molecule has 1 aliphatic heterocycles. The molecule has 0 saturated carbocycles. The fourth-order valence-electron chi connectivity index (χ4n) is 2.10. The average Bonchev–Trinajstić information content (AvgIpc) is 2.76. The number of aliphatic hydroxyl groups is 1. The summed E-state index contributed by atoms with van der Waals surface area (Å²) in [5.74, 6) is 0.0976. The Morgan fingerprint density at radius 1 is 1.41 bits per heavy atom. The van der Waals surface area contributed by atoms with Crippen LogP contribution in [0, 0.1) is 0 Å². The predicted molar refractivity (Wildman–Crippen MR) is 67.0 cm³/mol. The van der Waals surface area contributed by atoms with Crippen molar-refractivity contribution < 1.29 is 13.5 Å². The molecule has 4 nitrogen and oxygen atoms in total. The number of sulfone groups is 1. The summed E-state index contributed by atoms with van der Waals surface area (Å²) in [6.07, 6.45) is 0.341. The van der Waals surface area contributed by atoms with Gasteiger partial charge >= 0.3 is 0 Å². The predicted octanol–water partition coefficient (Wildman–Crippen LogP) is 1.05. The van der Waals surface area contributed by atoms with E-state index in [0.717, 1.165) is 0 Å². The summed E-state index contributed by atoms with van der Waals surface area (Å²) in [5, 5.41) is 9.52. The number of β-amino-alcohol motifs (C(OH)–C–C–N with tert-alkyl or cyclic N) is 1. The quantitative estimate of drug-likeness (QED) is 0.877. The van der Waals surface area contributed by atoms with Crippen molar-refractivity contribution in [3.8, 4) is 0 Å². The van der Waals surface area contributed by atoms with E-state index in [1.165, 1.54) is 0 Å². The lowest BCUT2D eigenvalue weighted by atomic mass is 10.3. The zero-order valence-electron chi connectivity index (χ0n) is 9.83. The summed E-state index contributed by atoms with van der Waals surface area (Å²) in [5.41, 5.74) is 0.714. The number of para-hydroxylation sites is 1. The van der Waals surface area contributed by atoms with Gasteiger partial charge in [-0.25, -0.2) is 8.42 Å². The Bertz CT molecular complexity index is 498.